The maximum atomic E-state index is 12.7. The van der Waals surface area contributed by atoms with Crippen LogP contribution in [-0.2, 0) is 4.79 Å². The molecule has 0 bridgehead atoms. The highest BCUT2D eigenvalue weighted by atomic mass is 19.4. The number of carboxylic acids is 1. The summed E-state index contributed by atoms with van der Waals surface area (Å²) >= 11 is 0. The molecule has 3 N–H and O–H groups in total. The first-order valence-electron chi connectivity index (χ1n) is 10.1. The third-order valence-corrected chi connectivity index (χ3v) is 4.43. The summed E-state index contributed by atoms with van der Waals surface area (Å²) in [4.78, 5) is 25.6. The monoisotopic (exact) mass is 483 g/mol. The Morgan fingerprint density at radius 1 is 0.914 bits per heavy atom. The molecule has 0 fully saturated rings. The fourth-order valence-electron chi connectivity index (χ4n) is 2.83. The third kappa shape index (κ3) is 7.42. The van der Waals surface area contributed by atoms with Crippen LogP contribution in [0.2, 0.25) is 0 Å². The summed E-state index contributed by atoms with van der Waals surface area (Å²) in [6.07, 6.45) is 0.241. The lowest BCUT2D eigenvalue weighted by molar-refractivity contribution is -0.192. The van der Waals surface area contributed by atoms with E-state index in [9.17, 15) is 18.0 Å². The van der Waals surface area contributed by atoms with E-state index in [2.05, 4.69) is 20.7 Å². The van der Waals surface area contributed by atoms with Crippen molar-refractivity contribution >= 4 is 28.9 Å². The second-order valence-electron chi connectivity index (χ2n) is 7.15. The molecule has 0 aliphatic heterocycles. The number of nitrogens with one attached hydrogen (secondary N) is 2. The Kier molecular flexibility index (Phi) is 7.82. The maximum absolute atomic E-state index is 12.7. The van der Waals surface area contributed by atoms with Gasteiger partial charge in [-0.05, 0) is 61.5 Å². The lowest BCUT2D eigenvalue weighted by Gasteiger charge is -2.10. The van der Waals surface area contributed by atoms with Crippen molar-refractivity contribution in [2.24, 2.45) is 0 Å². The number of hydrogen-bond acceptors (Lipinski definition) is 5. The first-order chi connectivity index (χ1) is 16.6. The Morgan fingerprint density at radius 2 is 1.57 bits per heavy atom. The zero-order valence-corrected chi connectivity index (χ0v) is 18.3. The molecule has 4 rings (SSSR count). The second-order valence-corrected chi connectivity index (χ2v) is 7.15. The zero-order chi connectivity index (χ0) is 25.4. The van der Waals surface area contributed by atoms with Crippen molar-refractivity contribution in [3.05, 3.63) is 96.6 Å². The number of halogens is 3. The number of pyridine rings is 1. The number of benzene rings is 2. The molecule has 0 saturated carbocycles. The summed E-state index contributed by atoms with van der Waals surface area (Å²) in [5.74, 6) is -2.93. The molecule has 0 atom stereocenters. The number of nitrogens with zero attached hydrogens (tertiary/aromatic N) is 3. The van der Waals surface area contributed by atoms with E-state index in [1.54, 1.807) is 23.1 Å². The van der Waals surface area contributed by atoms with E-state index in [0.717, 1.165) is 22.8 Å². The summed E-state index contributed by atoms with van der Waals surface area (Å²) in [5, 5.41) is 17.7. The third-order valence-electron chi connectivity index (χ3n) is 4.43. The molecule has 35 heavy (non-hydrogen) atoms. The molecule has 0 radical (unpaired) electrons. The molecule has 0 saturated heterocycles. The van der Waals surface area contributed by atoms with E-state index < -0.39 is 12.1 Å². The second kappa shape index (κ2) is 11.0. The Balaban J connectivity index is 0.000000429. The minimum absolute atomic E-state index is 0.174. The molecule has 0 aliphatic rings. The summed E-state index contributed by atoms with van der Waals surface area (Å²) in [6, 6.07) is 20.6. The number of anilines is 3. The highest BCUT2D eigenvalue weighted by molar-refractivity contribution is 6.05. The largest absolute Gasteiger partial charge is 0.490 e. The van der Waals surface area contributed by atoms with Gasteiger partial charge in [-0.3, -0.25) is 9.78 Å². The SMILES string of the molecule is Cc1ccn(-c2cccc(NC(=O)c3cccc(Nc4ccncc4)c3)c2)n1.O=C(O)C(F)(F)F. The zero-order valence-electron chi connectivity index (χ0n) is 18.3. The number of carbonyl (C=O) groups is 2. The van der Waals surface area contributed by atoms with Crippen molar-refractivity contribution in [2.45, 2.75) is 13.1 Å². The van der Waals surface area contributed by atoms with Crippen LogP contribution in [0.1, 0.15) is 16.1 Å². The Morgan fingerprint density at radius 3 is 2.20 bits per heavy atom. The number of rotatable bonds is 5. The van der Waals surface area contributed by atoms with E-state index >= 15 is 0 Å². The fourth-order valence-corrected chi connectivity index (χ4v) is 2.83. The van der Waals surface area contributed by atoms with Crippen LogP contribution >= 0.6 is 0 Å². The normalized spacial score (nSPS) is 10.6. The van der Waals surface area contributed by atoms with Crippen LogP contribution in [0.5, 0.6) is 0 Å². The minimum Gasteiger partial charge on any atom is -0.475 e. The Labute approximate surface area is 198 Å². The van der Waals surface area contributed by atoms with Gasteiger partial charge in [-0.25, -0.2) is 9.48 Å². The summed E-state index contributed by atoms with van der Waals surface area (Å²) in [7, 11) is 0. The van der Waals surface area contributed by atoms with Crippen molar-refractivity contribution in [3.63, 3.8) is 0 Å². The molecule has 180 valence electrons. The smallest absolute Gasteiger partial charge is 0.475 e. The van der Waals surface area contributed by atoms with Gasteiger partial charge >= 0.3 is 12.1 Å². The van der Waals surface area contributed by atoms with Gasteiger partial charge in [0.25, 0.3) is 5.91 Å². The molecule has 0 unspecified atom stereocenters. The van der Waals surface area contributed by atoms with Crippen LogP contribution in [0.4, 0.5) is 30.2 Å². The number of hydrogen-bond donors (Lipinski definition) is 3. The molecule has 0 aliphatic carbocycles. The Hall–Kier alpha value is -4.67. The van der Waals surface area contributed by atoms with Crippen LogP contribution < -0.4 is 10.6 Å². The standard InChI is InChI=1S/C22H19N5O.C2HF3O2/c1-16-10-13-27(26-16)21-7-3-6-20(15-21)25-22(28)17-4-2-5-19(14-17)24-18-8-11-23-12-9-18;3-2(4,5)1(6)7/h2-15H,1H3,(H,23,24)(H,25,28);(H,6,7). The van der Waals surface area contributed by atoms with Crippen LogP contribution in [-0.4, -0.2) is 37.9 Å². The lowest BCUT2D eigenvalue weighted by atomic mass is 10.1. The summed E-state index contributed by atoms with van der Waals surface area (Å²) in [5.41, 5.74) is 4.85. The van der Waals surface area contributed by atoms with E-state index in [-0.39, 0.29) is 5.91 Å². The van der Waals surface area contributed by atoms with Crippen LogP contribution in [0.15, 0.2) is 85.3 Å². The molecule has 1 amide bonds. The van der Waals surface area contributed by atoms with E-state index in [0.29, 0.717) is 11.3 Å². The lowest BCUT2D eigenvalue weighted by Crippen LogP contribution is -2.21. The molecule has 2 heterocycles. The van der Waals surface area contributed by atoms with Gasteiger partial charge in [0.15, 0.2) is 0 Å². The molecular weight excluding hydrogens is 463 g/mol. The highest BCUT2D eigenvalue weighted by Gasteiger charge is 2.38. The average molecular weight is 483 g/mol. The van der Waals surface area contributed by atoms with Gasteiger partial charge in [0.05, 0.1) is 11.4 Å². The maximum Gasteiger partial charge on any atom is 0.490 e. The van der Waals surface area contributed by atoms with Crippen LogP contribution in [0.3, 0.4) is 0 Å². The molecule has 2 aromatic carbocycles. The minimum atomic E-state index is -5.08. The molecular formula is C24H20F3N5O3. The summed E-state index contributed by atoms with van der Waals surface area (Å²) < 4.78 is 33.5. The highest BCUT2D eigenvalue weighted by Crippen LogP contribution is 2.19. The van der Waals surface area contributed by atoms with Crippen LogP contribution in [0.25, 0.3) is 5.69 Å². The van der Waals surface area contributed by atoms with Gasteiger partial charge in [-0.1, -0.05) is 12.1 Å². The van der Waals surface area contributed by atoms with Gasteiger partial charge in [0.1, 0.15) is 0 Å². The van der Waals surface area contributed by atoms with Gasteiger partial charge in [-0.15, -0.1) is 0 Å². The van der Waals surface area contributed by atoms with Gasteiger partial charge in [-0.2, -0.15) is 18.3 Å². The first kappa shape index (κ1) is 25.0. The van der Waals surface area contributed by atoms with E-state index in [1.165, 1.54) is 0 Å². The number of carboxylic acid groups (broad SMARTS) is 1. The predicted molar refractivity (Wildman–Crippen MR) is 124 cm³/mol. The van der Waals surface area contributed by atoms with Crippen molar-refractivity contribution in [2.75, 3.05) is 10.6 Å². The molecule has 11 heteroatoms. The van der Waals surface area contributed by atoms with Gasteiger partial charge in [0.2, 0.25) is 0 Å². The number of aliphatic carboxylic acids is 1. The van der Waals surface area contributed by atoms with Crippen molar-refractivity contribution in [1.29, 1.82) is 0 Å². The van der Waals surface area contributed by atoms with Crippen molar-refractivity contribution in [1.82, 2.24) is 14.8 Å². The topological polar surface area (TPSA) is 109 Å². The molecule has 2 aromatic heterocycles. The summed E-state index contributed by atoms with van der Waals surface area (Å²) in [6.45, 7) is 1.94. The van der Waals surface area contributed by atoms with Gasteiger partial charge in [0, 0.05) is 41.2 Å². The van der Waals surface area contributed by atoms with E-state index in [1.807, 2.05) is 73.8 Å². The number of amides is 1. The number of alkyl halides is 3. The molecule has 4 aromatic rings. The fraction of sp³-hybridized carbons (Fsp3) is 0.0833. The number of aromatic nitrogens is 3. The predicted octanol–water partition coefficient (Wildman–Crippen LogP) is 5.20. The Bertz CT molecular complexity index is 1310. The van der Waals surface area contributed by atoms with Crippen molar-refractivity contribution in [3.8, 4) is 5.69 Å². The number of aryl methyl sites for hydroxylation is 1. The van der Waals surface area contributed by atoms with E-state index in [4.69, 9.17) is 9.90 Å². The quantitative estimate of drug-likeness (QED) is 0.360. The molecule has 8 nitrogen and oxygen atoms in total. The van der Waals surface area contributed by atoms with Gasteiger partial charge < -0.3 is 15.7 Å². The molecule has 0 spiro atoms. The first-order valence-corrected chi connectivity index (χ1v) is 10.1. The van der Waals surface area contributed by atoms with Crippen molar-refractivity contribution < 1.29 is 27.9 Å². The average Bonchev–Trinajstić information content (AvgIpc) is 3.26. The van der Waals surface area contributed by atoms with Crippen LogP contribution in [0, 0.1) is 6.92 Å². The number of carbonyl (C=O) groups excluding carboxylic acids is 1.